The Morgan fingerprint density at radius 2 is 2.06 bits per heavy atom. The van der Waals surface area contributed by atoms with Crippen molar-refractivity contribution < 1.29 is 18.8 Å². The van der Waals surface area contributed by atoms with Gasteiger partial charge in [0.1, 0.15) is 5.02 Å². The smallest absolute Gasteiger partial charge is 0.306 e. The number of rotatable bonds is 9. The van der Waals surface area contributed by atoms with E-state index in [2.05, 4.69) is 26.6 Å². The first-order chi connectivity index (χ1) is 16.4. The molecule has 1 aromatic carbocycles. The van der Waals surface area contributed by atoms with Crippen LogP contribution in [0.25, 0.3) is 33.7 Å². The number of halogens is 1. The molecule has 0 amide bonds. The summed E-state index contributed by atoms with van der Waals surface area (Å²) in [6.07, 6.45) is 4.51. The molecule has 0 saturated carbocycles. The maximum Gasteiger partial charge on any atom is 0.306 e. The number of nitrogens with zero attached hydrogens (tertiary/aromatic N) is 4. The summed E-state index contributed by atoms with van der Waals surface area (Å²) in [5.41, 5.74) is 3.57. The number of aryl methyl sites for hydroxylation is 2. The van der Waals surface area contributed by atoms with Gasteiger partial charge >= 0.3 is 5.97 Å². The highest BCUT2D eigenvalue weighted by Gasteiger charge is 2.18. The lowest BCUT2D eigenvalue weighted by Crippen LogP contribution is -2.07. The van der Waals surface area contributed by atoms with Gasteiger partial charge in [0.2, 0.25) is 11.7 Å². The number of carbonyl (C=O) groups is 1. The maximum absolute atomic E-state index is 11.9. The van der Waals surface area contributed by atoms with Crippen LogP contribution in [0.2, 0.25) is 5.02 Å². The molecule has 0 fully saturated rings. The van der Waals surface area contributed by atoms with Crippen LogP contribution in [0, 0.1) is 0 Å². The molecule has 0 bridgehead atoms. The highest BCUT2D eigenvalue weighted by atomic mass is 35.5. The molecule has 9 heteroatoms. The van der Waals surface area contributed by atoms with Gasteiger partial charge in [-0.1, -0.05) is 28.9 Å². The van der Waals surface area contributed by atoms with Gasteiger partial charge < -0.3 is 18.6 Å². The van der Waals surface area contributed by atoms with E-state index >= 15 is 0 Å². The molecule has 3 heterocycles. The zero-order valence-corrected chi connectivity index (χ0v) is 20.4. The van der Waals surface area contributed by atoms with Crippen LogP contribution in [0.4, 0.5) is 0 Å². The van der Waals surface area contributed by atoms with Crippen LogP contribution in [-0.4, -0.2) is 38.4 Å². The Balaban J connectivity index is 1.66. The Labute approximate surface area is 202 Å². The van der Waals surface area contributed by atoms with Gasteiger partial charge in [0.25, 0.3) is 5.89 Å². The summed E-state index contributed by atoms with van der Waals surface area (Å²) in [5.74, 6) is 0.940. The van der Waals surface area contributed by atoms with Crippen molar-refractivity contribution in [3.63, 3.8) is 0 Å². The summed E-state index contributed by atoms with van der Waals surface area (Å²) in [4.78, 5) is 20.8. The number of hydrogen-bond acceptors (Lipinski definition) is 7. The van der Waals surface area contributed by atoms with Gasteiger partial charge in [-0.05, 0) is 51.8 Å². The second kappa shape index (κ2) is 10.3. The van der Waals surface area contributed by atoms with Gasteiger partial charge in [-0.2, -0.15) is 4.98 Å². The standard InChI is InChI=1S/C25H27ClN4O4/c1-5-30-12-11-18-19(9-7-16(22(18)30)8-10-21(31)32-6-2)23-28-24(34-29-23)17-13-20(26)25(27-14-17)33-15(3)4/h7,9,11-15H,5-6,8,10H2,1-4H3. The van der Waals surface area contributed by atoms with Crippen LogP contribution in [-0.2, 0) is 22.5 Å². The first-order valence-corrected chi connectivity index (χ1v) is 11.7. The fraction of sp³-hybridized carbons (Fsp3) is 0.360. The van der Waals surface area contributed by atoms with E-state index in [0.29, 0.717) is 47.6 Å². The third-order valence-corrected chi connectivity index (χ3v) is 5.59. The molecule has 3 aromatic heterocycles. The fourth-order valence-corrected chi connectivity index (χ4v) is 4.04. The summed E-state index contributed by atoms with van der Waals surface area (Å²) >= 11 is 6.32. The predicted molar refractivity (Wildman–Crippen MR) is 130 cm³/mol. The van der Waals surface area contributed by atoms with Crippen molar-refractivity contribution in [1.82, 2.24) is 19.7 Å². The Hall–Kier alpha value is -3.39. The summed E-state index contributed by atoms with van der Waals surface area (Å²) < 4.78 is 18.4. The third-order valence-electron chi connectivity index (χ3n) is 5.32. The lowest BCUT2D eigenvalue weighted by Gasteiger charge is -2.10. The molecule has 0 aliphatic heterocycles. The molecule has 0 spiro atoms. The zero-order valence-electron chi connectivity index (χ0n) is 19.7. The molecule has 0 saturated heterocycles. The topological polar surface area (TPSA) is 92.3 Å². The van der Waals surface area contributed by atoms with E-state index in [-0.39, 0.29) is 12.1 Å². The maximum atomic E-state index is 11.9. The highest BCUT2D eigenvalue weighted by molar-refractivity contribution is 6.32. The Morgan fingerprint density at radius 3 is 2.76 bits per heavy atom. The lowest BCUT2D eigenvalue weighted by atomic mass is 10.0. The van der Waals surface area contributed by atoms with Crippen LogP contribution in [0.15, 0.2) is 41.2 Å². The number of pyridine rings is 1. The van der Waals surface area contributed by atoms with Crippen molar-refractivity contribution in [2.24, 2.45) is 0 Å². The average Bonchev–Trinajstić information content (AvgIpc) is 3.46. The Morgan fingerprint density at radius 1 is 1.24 bits per heavy atom. The van der Waals surface area contributed by atoms with Crippen molar-refractivity contribution in [1.29, 1.82) is 0 Å². The minimum absolute atomic E-state index is 0.0380. The van der Waals surface area contributed by atoms with Crippen LogP contribution in [0.3, 0.4) is 0 Å². The molecule has 178 valence electrons. The van der Waals surface area contributed by atoms with Crippen molar-refractivity contribution in [2.45, 2.75) is 53.2 Å². The zero-order chi connectivity index (χ0) is 24.2. The van der Waals surface area contributed by atoms with E-state index in [1.54, 1.807) is 12.3 Å². The van der Waals surface area contributed by atoms with Crippen LogP contribution < -0.4 is 4.74 Å². The number of ether oxygens (including phenoxy) is 2. The van der Waals surface area contributed by atoms with Crippen molar-refractivity contribution in [2.75, 3.05) is 6.61 Å². The van der Waals surface area contributed by atoms with Gasteiger partial charge in [-0.25, -0.2) is 4.98 Å². The van der Waals surface area contributed by atoms with Crippen molar-refractivity contribution >= 4 is 28.5 Å². The summed E-state index contributed by atoms with van der Waals surface area (Å²) in [6.45, 7) is 8.88. The quantitative estimate of drug-likeness (QED) is 0.282. The molecule has 0 atom stereocenters. The predicted octanol–water partition coefficient (Wildman–Crippen LogP) is 5.71. The van der Waals surface area contributed by atoms with Crippen LogP contribution >= 0.6 is 11.6 Å². The number of carbonyl (C=O) groups excluding carboxylic acids is 1. The second-order valence-corrected chi connectivity index (χ2v) is 8.45. The minimum Gasteiger partial charge on any atom is -0.474 e. The van der Waals surface area contributed by atoms with E-state index in [9.17, 15) is 4.79 Å². The molecule has 0 aliphatic carbocycles. The molecule has 0 aliphatic rings. The molecule has 34 heavy (non-hydrogen) atoms. The van der Waals surface area contributed by atoms with Gasteiger partial charge in [0.05, 0.1) is 23.8 Å². The first kappa shape index (κ1) is 23.8. The average molecular weight is 483 g/mol. The Bertz CT molecular complexity index is 1310. The molecule has 0 unspecified atom stereocenters. The normalized spacial score (nSPS) is 11.4. The third kappa shape index (κ3) is 4.92. The van der Waals surface area contributed by atoms with Crippen LogP contribution in [0.1, 0.15) is 39.7 Å². The molecule has 8 nitrogen and oxygen atoms in total. The van der Waals surface area contributed by atoms with Crippen molar-refractivity contribution in [3.05, 3.63) is 47.2 Å². The van der Waals surface area contributed by atoms with E-state index < -0.39 is 0 Å². The molecule has 0 radical (unpaired) electrons. The van der Waals surface area contributed by atoms with Gasteiger partial charge in [0, 0.05) is 36.3 Å². The lowest BCUT2D eigenvalue weighted by molar-refractivity contribution is -0.143. The molecule has 0 N–H and O–H groups in total. The van der Waals surface area contributed by atoms with Gasteiger partial charge in [-0.3, -0.25) is 4.79 Å². The fourth-order valence-electron chi connectivity index (χ4n) is 3.83. The first-order valence-electron chi connectivity index (χ1n) is 11.3. The number of aromatic nitrogens is 4. The molecular weight excluding hydrogens is 456 g/mol. The molecular formula is C25H27ClN4O4. The van der Waals surface area contributed by atoms with Gasteiger partial charge in [0.15, 0.2) is 0 Å². The SMILES string of the molecule is CCOC(=O)CCc1ccc(-c2noc(-c3cnc(OC(C)C)c(Cl)c3)n2)c2ccn(CC)c12. The second-order valence-electron chi connectivity index (χ2n) is 8.04. The molecule has 4 aromatic rings. The minimum atomic E-state index is -0.200. The summed E-state index contributed by atoms with van der Waals surface area (Å²) in [5, 5.41) is 5.57. The van der Waals surface area contributed by atoms with E-state index in [1.165, 1.54) is 0 Å². The monoisotopic (exact) mass is 482 g/mol. The highest BCUT2D eigenvalue weighted by Crippen LogP contribution is 2.33. The summed E-state index contributed by atoms with van der Waals surface area (Å²) in [6, 6.07) is 7.71. The summed E-state index contributed by atoms with van der Waals surface area (Å²) in [7, 11) is 0. The van der Waals surface area contributed by atoms with E-state index in [0.717, 1.165) is 28.6 Å². The van der Waals surface area contributed by atoms with E-state index in [4.69, 9.17) is 25.6 Å². The van der Waals surface area contributed by atoms with Crippen molar-refractivity contribution in [3.8, 4) is 28.7 Å². The number of fused-ring (bicyclic) bond motifs is 1. The molecule has 4 rings (SSSR count). The van der Waals surface area contributed by atoms with Gasteiger partial charge in [-0.15, -0.1) is 0 Å². The number of hydrogen-bond donors (Lipinski definition) is 0. The number of benzene rings is 1. The van der Waals surface area contributed by atoms with E-state index in [1.807, 2.05) is 45.2 Å². The Kier molecular flexibility index (Phi) is 7.17. The largest absolute Gasteiger partial charge is 0.474 e. The number of esters is 1. The van der Waals surface area contributed by atoms with Crippen LogP contribution in [0.5, 0.6) is 5.88 Å².